The lowest BCUT2D eigenvalue weighted by molar-refractivity contribution is -0.138. The molecule has 0 spiro atoms. The number of ether oxygens (including phenoxy) is 2. The zero-order valence-electron chi connectivity index (χ0n) is 17.0. The number of methoxy groups -OCH3 is 1. The molecule has 3 rings (SSSR count). The fraction of sp³-hybridized carbons (Fsp3) is 0.619. The Labute approximate surface area is 167 Å². The molecule has 0 radical (unpaired) electrons. The van der Waals surface area contributed by atoms with E-state index in [1.54, 1.807) is 7.11 Å². The van der Waals surface area contributed by atoms with Gasteiger partial charge in [-0.25, -0.2) is 4.79 Å². The summed E-state index contributed by atoms with van der Waals surface area (Å²) in [7, 11) is 1.62. The molecule has 2 saturated heterocycles. The van der Waals surface area contributed by atoms with Gasteiger partial charge in [0, 0.05) is 38.4 Å². The van der Waals surface area contributed by atoms with Crippen LogP contribution in [0.25, 0.3) is 0 Å². The third kappa shape index (κ3) is 4.95. The number of nitrogens with zero attached hydrogens (tertiary/aromatic N) is 2. The molecule has 0 saturated carbocycles. The number of hydrogen-bond donors (Lipinski definition) is 1. The van der Waals surface area contributed by atoms with E-state index in [2.05, 4.69) is 5.32 Å². The van der Waals surface area contributed by atoms with Crippen molar-refractivity contribution in [1.82, 2.24) is 15.1 Å². The zero-order valence-corrected chi connectivity index (χ0v) is 17.0. The first-order valence-electron chi connectivity index (χ1n) is 10.0. The lowest BCUT2D eigenvalue weighted by Crippen LogP contribution is -2.66. The highest BCUT2D eigenvalue weighted by Gasteiger charge is 2.40. The van der Waals surface area contributed by atoms with Gasteiger partial charge in [-0.3, -0.25) is 4.79 Å². The Bertz CT molecular complexity index is 682. The van der Waals surface area contributed by atoms with Gasteiger partial charge >= 0.3 is 6.03 Å². The van der Waals surface area contributed by atoms with E-state index in [-0.39, 0.29) is 30.1 Å². The molecule has 2 heterocycles. The summed E-state index contributed by atoms with van der Waals surface area (Å²) in [5.41, 5.74) is 0.937. The van der Waals surface area contributed by atoms with E-state index < -0.39 is 0 Å². The third-order valence-corrected chi connectivity index (χ3v) is 5.33. The first-order valence-corrected chi connectivity index (χ1v) is 10.0. The summed E-state index contributed by atoms with van der Waals surface area (Å²) in [6.45, 7) is 6.47. The van der Waals surface area contributed by atoms with Gasteiger partial charge in [-0.1, -0.05) is 12.1 Å². The Kier molecular flexibility index (Phi) is 6.78. The number of carbonyl (C=O) groups excluding carboxylic acids is 2. The molecular weight excluding hydrogens is 358 g/mol. The molecule has 1 aromatic rings. The Morgan fingerprint density at radius 2 is 1.96 bits per heavy atom. The minimum Gasteiger partial charge on any atom is -0.497 e. The molecule has 7 nitrogen and oxygen atoms in total. The highest BCUT2D eigenvalue weighted by molar-refractivity contribution is 5.81. The minimum absolute atomic E-state index is 0.0354. The molecule has 154 valence electrons. The molecule has 7 heteroatoms. The molecular formula is C21H31N3O4. The van der Waals surface area contributed by atoms with Gasteiger partial charge in [-0.05, 0) is 44.4 Å². The van der Waals surface area contributed by atoms with Crippen molar-refractivity contribution in [3.05, 3.63) is 29.8 Å². The number of hydrogen-bond acceptors (Lipinski definition) is 4. The molecule has 1 N–H and O–H groups in total. The molecule has 0 unspecified atom stereocenters. The molecule has 0 bridgehead atoms. The van der Waals surface area contributed by atoms with Crippen LogP contribution in [0.4, 0.5) is 4.79 Å². The van der Waals surface area contributed by atoms with Gasteiger partial charge in [0.15, 0.2) is 0 Å². The van der Waals surface area contributed by atoms with Crippen LogP contribution in [0.3, 0.4) is 0 Å². The Hall–Kier alpha value is -2.28. The number of carbonyl (C=O) groups is 2. The van der Waals surface area contributed by atoms with Crippen LogP contribution in [0.1, 0.15) is 32.3 Å². The van der Waals surface area contributed by atoms with Crippen LogP contribution in [0, 0.1) is 0 Å². The van der Waals surface area contributed by atoms with Crippen molar-refractivity contribution in [2.75, 3.05) is 33.4 Å². The minimum atomic E-state index is -0.0354. The molecule has 2 aliphatic heterocycles. The van der Waals surface area contributed by atoms with Gasteiger partial charge in [-0.2, -0.15) is 0 Å². The van der Waals surface area contributed by atoms with Crippen molar-refractivity contribution in [2.24, 2.45) is 0 Å². The maximum Gasteiger partial charge on any atom is 0.318 e. The van der Waals surface area contributed by atoms with Crippen LogP contribution >= 0.6 is 0 Å². The molecule has 2 fully saturated rings. The molecule has 1 aromatic carbocycles. The van der Waals surface area contributed by atoms with E-state index in [4.69, 9.17) is 9.47 Å². The van der Waals surface area contributed by atoms with Crippen molar-refractivity contribution in [3.8, 4) is 5.75 Å². The number of likely N-dealkylation sites (tertiary alicyclic amines) is 1. The van der Waals surface area contributed by atoms with E-state index >= 15 is 0 Å². The average Bonchev–Trinajstić information content (AvgIpc) is 2.64. The summed E-state index contributed by atoms with van der Waals surface area (Å²) < 4.78 is 10.7. The average molecular weight is 389 g/mol. The third-order valence-electron chi connectivity index (χ3n) is 5.33. The zero-order chi connectivity index (χ0) is 20.1. The summed E-state index contributed by atoms with van der Waals surface area (Å²) in [5, 5.41) is 3.01. The van der Waals surface area contributed by atoms with Crippen LogP contribution in [0.2, 0.25) is 0 Å². The number of nitrogens with one attached hydrogen (secondary N) is 1. The fourth-order valence-corrected chi connectivity index (χ4v) is 3.82. The normalized spacial score (nSPS) is 17.9. The van der Waals surface area contributed by atoms with Gasteiger partial charge in [0.05, 0.1) is 19.6 Å². The monoisotopic (exact) mass is 389 g/mol. The van der Waals surface area contributed by atoms with Crippen molar-refractivity contribution >= 4 is 11.9 Å². The molecule has 3 amide bonds. The van der Waals surface area contributed by atoms with Gasteiger partial charge in [0.25, 0.3) is 0 Å². The summed E-state index contributed by atoms with van der Waals surface area (Å²) in [5.74, 6) is 0.837. The molecule has 28 heavy (non-hydrogen) atoms. The summed E-state index contributed by atoms with van der Waals surface area (Å²) in [6, 6.07) is 7.87. The van der Waals surface area contributed by atoms with Crippen molar-refractivity contribution in [1.29, 1.82) is 0 Å². The van der Waals surface area contributed by atoms with Crippen molar-refractivity contribution < 1.29 is 19.1 Å². The molecule has 2 aliphatic rings. The maximum absolute atomic E-state index is 12.8. The number of rotatable bonds is 6. The standard InChI is InChI=1S/C21H31N3O4/c1-15(2)22-21(26)24(17-7-9-28-10-8-17)18-13-23(14-18)20(25)12-16-5-4-6-19(11-16)27-3/h4-6,11,15,17-18H,7-10,12-14H2,1-3H3,(H,22,26). The second-order valence-electron chi connectivity index (χ2n) is 7.84. The van der Waals surface area contributed by atoms with E-state index in [1.165, 1.54) is 0 Å². The van der Waals surface area contributed by atoms with E-state index in [9.17, 15) is 9.59 Å². The second kappa shape index (κ2) is 9.28. The lowest BCUT2D eigenvalue weighted by Gasteiger charge is -2.49. The predicted molar refractivity (Wildman–Crippen MR) is 106 cm³/mol. The number of benzene rings is 1. The molecule has 0 atom stereocenters. The van der Waals surface area contributed by atoms with E-state index in [1.807, 2.05) is 47.9 Å². The Morgan fingerprint density at radius 3 is 2.61 bits per heavy atom. The Morgan fingerprint density at radius 1 is 1.25 bits per heavy atom. The van der Waals surface area contributed by atoms with Crippen LogP contribution in [-0.4, -0.2) is 73.3 Å². The fourth-order valence-electron chi connectivity index (χ4n) is 3.82. The van der Waals surface area contributed by atoms with Gasteiger partial charge < -0.3 is 24.6 Å². The SMILES string of the molecule is COc1cccc(CC(=O)N2CC(N(C(=O)NC(C)C)C3CCOCC3)C2)c1. The van der Waals surface area contributed by atoms with Crippen LogP contribution in [0.15, 0.2) is 24.3 Å². The first kappa shape index (κ1) is 20.5. The summed E-state index contributed by atoms with van der Waals surface area (Å²) >= 11 is 0. The van der Waals surface area contributed by atoms with E-state index in [0.717, 1.165) is 24.2 Å². The number of amides is 3. The highest BCUT2D eigenvalue weighted by atomic mass is 16.5. The van der Waals surface area contributed by atoms with Crippen LogP contribution < -0.4 is 10.1 Å². The second-order valence-corrected chi connectivity index (χ2v) is 7.84. The summed E-state index contributed by atoms with van der Waals surface area (Å²) in [6.07, 6.45) is 2.04. The summed E-state index contributed by atoms with van der Waals surface area (Å²) in [4.78, 5) is 29.2. The molecule has 0 aliphatic carbocycles. The van der Waals surface area contributed by atoms with Crippen molar-refractivity contribution in [2.45, 2.75) is 51.2 Å². The van der Waals surface area contributed by atoms with Crippen molar-refractivity contribution in [3.63, 3.8) is 0 Å². The first-order chi connectivity index (χ1) is 13.5. The predicted octanol–water partition coefficient (Wildman–Crippen LogP) is 2.05. The van der Waals surface area contributed by atoms with Crippen LogP contribution in [-0.2, 0) is 16.0 Å². The largest absolute Gasteiger partial charge is 0.497 e. The number of urea groups is 1. The van der Waals surface area contributed by atoms with Gasteiger partial charge in [-0.15, -0.1) is 0 Å². The van der Waals surface area contributed by atoms with Gasteiger partial charge in [0.1, 0.15) is 5.75 Å². The highest BCUT2D eigenvalue weighted by Crippen LogP contribution is 2.24. The lowest BCUT2D eigenvalue weighted by atomic mass is 9.99. The maximum atomic E-state index is 12.8. The quantitative estimate of drug-likeness (QED) is 0.808. The van der Waals surface area contributed by atoms with Crippen LogP contribution in [0.5, 0.6) is 5.75 Å². The smallest absolute Gasteiger partial charge is 0.318 e. The molecule has 0 aromatic heterocycles. The Balaban J connectivity index is 1.59. The van der Waals surface area contributed by atoms with Gasteiger partial charge in [0.2, 0.25) is 5.91 Å². The topological polar surface area (TPSA) is 71.1 Å². The van der Waals surface area contributed by atoms with E-state index in [0.29, 0.717) is 32.7 Å².